The number of allylic oxidation sites excluding steroid dienone is 10. The maximum atomic E-state index is 12.8. The fraction of sp³-hybridized carbons (Fsp3) is 0.764. The molecule has 0 unspecified atom stereocenters. The summed E-state index contributed by atoms with van der Waals surface area (Å²) in [5.74, 6) is -0.912. The lowest BCUT2D eigenvalue weighted by molar-refractivity contribution is -0.167. The van der Waals surface area contributed by atoms with Crippen LogP contribution in [-0.4, -0.2) is 37.2 Å². The second kappa shape index (κ2) is 49.8. The monoisotopic (exact) mass is 853 g/mol. The van der Waals surface area contributed by atoms with Gasteiger partial charge in [0.15, 0.2) is 6.10 Å². The molecule has 0 amide bonds. The zero-order valence-corrected chi connectivity index (χ0v) is 40.2. The van der Waals surface area contributed by atoms with Crippen molar-refractivity contribution < 1.29 is 28.6 Å². The molecule has 0 aromatic carbocycles. The normalized spacial score (nSPS) is 12.5. The SMILES string of the molecule is CC/C=C\C/C=C\C/C=C\CCCCCCCC(=O)OC[C@H](COC(=O)CCCCCCC/C=C\CCCCCC)OC(=O)CCCCCCCCC/C=C\CCCCCC. The average molecular weight is 853 g/mol. The summed E-state index contributed by atoms with van der Waals surface area (Å²) in [4.78, 5) is 38.0. The van der Waals surface area contributed by atoms with Crippen LogP contribution in [0.4, 0.5) is 0 Å². The van der Waals surface area contributed by atoms with E-state index in [9.17, 15) is 14.4 Å². The fourth-order valence-corrected chi connectivity index (χ4v) is 7.09. The van der Waals surface area contributed by atoms with E-state index in [0.29, 0.717) is 19.3 Å². The predicted molar refractivity (Wildman–Crippen MR) is 261 cm³/mol. The van der Waals surface area contributed by atoms with E-state index in [0.717, 1.165) is 103 Å². The second-order valence-corrected chi connectivity index (χ2v) is 17.0. The van der Waals surface area contributed by atoms with E-state index in [1.807, 2.05) is 0 Å². The Balaban J connectivity index is 4.42. The van der Waals surface area contributed by atoms with Crippen LogP contribution in [0.15, 0.2) is 60.8 Å². The molecule has 0 bridgehead atoms. The highest BCUT2D eigenvalue weighted by Crippen LogP contribution is 2.14. The molecule has 352 valence electrons. The van der Waals surface area contributed by atoms with Gasteiger partial charge in [-0.3, -0.25) is 14.4 Å². The van der Waals surface area contributed by atoms with Gasteiger partial charge in [0, 0.05) is 19.3 Å². The molecule has 0 aliphatic heterocycles. The maximum absolute atomic E-state index is 12.8. The summed E-state index contributed by atoms with van der Waals surface area (Å²) >= 11 is 0. The Labute approximate surface area is 377 Å². The first kappa shape index (κ1) is 58.1. The number of rotatable bonds is 46. The van der Waals surface area contributed by atoms with E-state index in [1.54, 1.807) is 0 Å². The molecule has 0 aliphatic rings. The third kappa shape index (κ3) is 48.0. The molecule has 0 N–H and O–H groups in total. The van der Waals surface area contributed by atoms with Crippen LogP contribution in [0.2, 0.25) is 0 Å². The van der Waals surface area contributed by atoms with Crippen molar-refractivity contribution >= 4 is 17.9 Å². The molecule has 0 rings (SSSR count). The molecule has 0 fully saturated rings. The van der Waals surface area contributed by atoms with Gasteiger partial charge in [0.2, 0.25) is 0 Å². The Morgan fingerprint density at radius 3 is 1.02 bits per heavy atom. The fourth-order valence-electron chi connectivity index (χ4n) is 7.09. The highest BCUT2D eigenvalue weighted by atomic mass is 16.6. The van der Waals surface area contributed by atoms with Gasteiger partial charge in [0.05, 0.1) is 0 Å². The standard InChI is InChI=1S/C55H96O6/c1-4-7-10-13-16-19-22-25-27-30-33-36-39-42-45-48-54(57)60-51-52(50-59-53(56)47-44-41-38-35-32-29-24-21-18-15-12-9-6-3)61-55(58)49-46-43-40-37-34-31-28-26-23-20-17-14-11-8-5-2/h7,10,16,19-21,23-25,27,52H,4-6,8-9,11-15,17-18,22,26,28-51H2,1-3H3/b10-7-,19-16-,23-20-,24-21-,27-25-/t52-/m0/s1. The van der Waals surface area contributed by atoms with Crippen LogP contribution in [0, 0.1) is 0 Å². The van der Waals surface area contributed by atoms with Crippen LogP contribution in [0.3, 0.4) is 0 Å². The molecule has 0 saturated heterocycles. The summed E-state index contributed by atoms with van der Waals surface area (Å²) in [5, 5.41) is 0. The lowest BCUT2D eigenvalue weighted by Crippen LogP contribution is -2.30. The van der Waals surface area contributed by atoms with Crippen LogP contribution in [0.5, 0.6) is 0 Å². The van der Waals surface area contributed by atoms with Crippen molar-refractivity contribution in [2.45, 2.75) is 258 Å². The smallest absolute Gasteiger partial charge is 0.306 e. The molecule has 0 aliphatic carbocycles. The number of hydrogen-bond acceptors (Lipinski definition) is 6. The van der Waals surface area contributed by atoms with Gasteiger partial charge in [-0.1, -0.05) is 191 Å². The van der Waals surface area contributed by atoms with Crippen LogP contribution < -0.4 is 0 Å². The van der Waals surface area contributed by atoms with E-state index in [1.165, 1.54) is 109 Å². The number of carbonyl (C=O) groups is 3. The highest BCUT2D eigenvalue weighted by Gasteiger charge is 2.19. The zero-order valence-electron chi connectivity index (χ0n) is 40.2. The van der Waals surface area contributed by atoms with Crippen molar-refractivity contribution in [1.82, 2.24) is 0 Å². The van der Waals surface area contributed by atoms with Crippen LogP contribution in [0.1, 0.15) is 252 Å². The second-order valence-electron chi connectivity index (χ2n) is 17.0. The van der Waals surface area contributed by atoms with E-state index >= 15 is 0 Å². The van der Waals surface area contributed by atoms with Crippen LogP contribution in [-0.2, 0) is 28.6 Å². The van der Waals surface area contributed by atoms with Crippen LogP contribution in [0.25, 0.3) is 0 Å². The van der Waals surface area contributed by atoms with Crippen molar-refractivity contribution in [2.24, 2.45) is 0 Å². The van der Waals surface area contributed by atoms with Crippen molar-refractivity contribution in [3.63, 3.8) is 0 Å². The first-order valence-electron chi connectivity index (χ1n) is 25.8. The molecule has 6 heteroatoms. The summed E-state index contributed by atoms with van der Waals surface area (Å²) in [5.41, 5.74) is 0. The Bertz CT molecular complexity index is 1120. The summed E-state index contributed by atoms with van der Waals surface area (Å²) in [6.45, 7) is 6.48. The molecular weight excluding hydrogens is 757 g/mol. The van der Waals surface area contributed by atoms with Gasteiger partial charge in [-0.15, -0.1) is 0 Å². The molecule has 0 saturated carbocycles. The quantitative estimate of drug-likeness (QED) is 0.0263. The molecule has 61 heavy (non-hydrogen) atoms. The Hall–Kier alpha value is -2.89. The molecule has 0 aromatic heterocycles. The van der Waals surface area contributed by atoms with Gasteiger partial charge in [0.25, 0.3) is 0 Å². The van der Waals surface area contributed by atoms with Gasteiger partial charge in [0.1, 0.15) is 13.2 Å². The highest BCUT2D eigenvalue weighted by molar-refractivity contribution is 5.71. The van der Waals surface area contributed by atoms with Crippen molar-refractivity contribution in [2.75, 3.05) is 13.2 Å². The lowest BCUT2D eigenvalue weighted by atomic mass is 10.1. The van der Waals surface area contributed by atoms with Crippen molar-refractivity contribution in [3.05, 3.63) is 60.8 Å². The summed E-state index contributed by atoms with van der Waals surface area (Å²) in [6, 6.07) is 0. The van der Waals surface area contributed by atoms with E-state index in [-0.39, 0.29) is 31.1 Å². The minimum absolute atomic E-state index is 0.0856. The summed E-state index contributed by atoms with van der Waals surface area (Å²) < 4.78 is 16.8. The molecule has 0 heterocycles. The first-order chi connectivity index (χ1) is 30.0. The van der Waals surface area contributed by atoms with Crippen LogP contribution >= 0.6 is 0 Å². The van der Waals surface area contributed by atoms with E-state index < -0.39 is 6.10 Å². The third-order valence-electron chi connectivity index (χ3n) is 11.0. The number of hydrogen-bond donors (Lipinski definition) is 0. The number of esters is 3. The number of unbranched alkanes of at least 4 members (excludes halogenated alkanes) is 25. The molecule has 0 aromatic rings. The zero-order chi connectivity index (χ0) is 44.4. The minimum atomic E-state index is -0.785. The van der Waals surface area contributed by atoms with Gasteiger partial charge < -0.3 is 14.2 Å². The molecule has 0 spiro atoms. The molecule has 6 nitrogen and oxygen atoms in total. The van der Waals surface area contributed by atoms with E-state index in [4.69, 9.17) is 14.2 Å². The Morgan fingerprint density at radius 1 is 0.344 bits per heavy atom. The number of ether oxygens (including phenoxy) is 3. The summed E-state index contributed by atoms with van der Waals surface area (Å²) in [7, 11) is 0. The molecular formula is C55H96O6. The average Bonchev–Trinajstić information content (AvgIpc) is 3.26. The minimum Gasteiger partial charge on any atom is -0.462 e. The Morgan fingerprint density at radius 2 is 0.639 bits per heavy atom. The van der Waals surface area contributed by atoms with E-state index in [2.05, 4.69) is 81.5 Å². The third-order valence-corrected chi connectivity index (χ3v) is 11.0. The van der Waals surface area contributed by atoms with Crippen molar-refractivity contribution in [3.8, 4) is 0 Å². The lowest BCUT2D eigenvalue weighted by Gasteiger charge is -2.18. The Kier molecular flexibility index (Phi) is 47.4. The predicted octanol–water partition coefficient (Wildman–Crippen LogP) is 16.9. The van der Waals surface area contributed by atoms with Gasteiger partial charge in [-0.2, -0.15) is 0 Å². The van der Waals surface area contributed by atoms with Gasteiger partial charge >= 0.3 is 17.9 Å². The van der Waals surface area contributed by atoms with Crippen molar-refractivity contribution in [1.29, 1.82) is 0 Å². The topological polar surface area (TPSA) is 78.9 Å². The largest absolute Gasteiger partial charge is 0.462 e. The summed E-state index contributed by atoms with van der Waals surface area (Å²) in [6.07, 6.45) is 60.5. The molecule has 1 atom stereocenters. The van der Waals surface area contributed by atoms with Gasteiger partial charge in [-0.25, -0.2) is 0 Å². The molecule has 0 radical (unpaired) electrons. The number of carbonyl (C=O) groups excluding carboxylic acids is 3. The maximum Gasteiger partial charge on any atom is 0.306 e. The van der Waals surface area contributed by atoms with Gasteiger partial charge in [-0.05, 0) is 103 Å². The first-order valence-corrected chi connectivity index (χ1v) is 25.8.